The molecule has 0 spiro atoms. The van der Waals surface area contributed by atoms with Crippen LogP contribution in [0.4, 0.5) is 0 Å². The van der Waals surface area contributed by atoms with E-state index in [-0.39, 0.29) is 5.56 Å². The number of hydrogen-bond acceptors (Lipinski definition) is 3. The van der Waals surface area contributed by atoms with Crippen molar-refractivity contribution < 1.29 is 14.7 Å². The average Bonchev–Trinajstić information content (AvgIpc) is 2.30. The first kappa shape index (κ1) is 9.33. The average molecular weight is 203 g/mol. The molecule has 1 aromatic carbocycles. The van der Waals surface area contributed by atoms with Gasteiger partial charge in [-0.15, -0.1) is 0 Å². The summed E-state index contributed by atoms with van der Waals surface area (Å²) in [5.74, 6) is -0.939. The molecule has 1 aromatic rings. The van der Waals surface area contributed by atoms with Gasteiger partial charge in [-0.25, -0.2) is 10.3 Å². The number of allylic oxidation sites excluding steroid dienone is 2. The molecule has 2 rings (SSSR count). The molecule has 0 bridgehead atoms. The lowest BCUT2D eigenvalue weighted by atomic mass is 10.0. The fourth-order valence-electron chi connectivity index (χ4n) is 1.38. The van der Waals surface area contributed by atoms with Gasteiger partial charge in [-0.2, -0.15) is 0 Å². The molecule has 76 valence electrons. The molecule has 1 heterocycles. The van der Waals surface area contributed by atoms with Crippen molar-refractivity contribution in [3.05, 3.63) is 53.9 Å². The smallest absolute Gasteiger partial charge is 0.336 e. The molecule has 15 heavy (non-hydrogen) atoms. The van der Waals surface area contributed by atoms with Gasteiger partial charge in [-0.05, 0) is 17.7 Å². The molecule has 0 unspecified atom stereocenters. The van der Waals surface area contributed by atoms with Gasteiger partial charge in [-0.1, -0.05) is 18.2 Å². The quantitative estimate of drug-likeness (QED) is 0.769. The predicted molar refractivity (Wildman–Crippen MR) is 54.7 cm³/mol. The van der Waals surface area contributed by atoms with Crippen LogP contribution in [0.15, 0.2) is 42.8 Å². The second-order valence-corrected chi connectivity index (χ2v) is 2.99. The Morgan fingerprint density at radius 2 is 2.13 bits per heavy atom. The van der Waals surface area contributed by atoms with E-state index in [0.717, 1.165) is 5.57 Å². The van der Waals surface area contributed by atoms with Crippen LogP contribution in [0.2, 0.25) is 0 Å². The number of aromatic carboxylic acids is 1. The number of carboxylic acid groups (broad SMARTS) is 1. The predicted octanol–water partition coefficient (Wildman–Crippen LogP) is 1.77. The largest absolute Gasteiger partial charge is 0.478 e. The van der Waals surface area contributed by atoms with E-state index in [0.29, 0.717) is 5.56 Å². The number of nitrogens with one attached hydrogen (secondary N) is 1. The highest BCUT2D eigenvalue weighted by molar-refractivity contribution is 5.95. The van der Waals surface area contributed by atoms with Crippen molar-refractivity contribution in [3.63, 3.8) is 0 Å². The molecule has 2 N–H and O–H groups in total. The maximum atomic E-state index is 11.0. The molecule has 0 aromatic heterocycles. The van der Waals surface area contributed by atoms with Crippen molar-refractivity contribution in [2.75, 3.05) is 0 Å². The van der Waals surface area contributed by atoms with Crippen LogP contribution >= 0.6 is 0 Å². The summed E-state index contributed by atoms with van der Waals surface area (Å²) < 4.78 is 0. The lowest BCUT2D eigenvalue weighted by molar-refractivity contribution is 0.0696. The van der Waals surface area contributed by atoms with Crippen LogP contribution in [-0.4, -0.2) is 11.1 Å². The summed E-state index contributed by atoms with van der Waals surface area (Å²) >= 11 is 0. The minimum Gasteiger partial charge on any atom is -0.478 e. The zero-order chi connectivity index (χ0) is 10.7. The third-order valence-corrected chi connectivity index (χ3v) is 2.07. The standard InChI is InChI=1S/C11H9NO3/c13-11(14)10-4-2-1-3-9(10)8-5-6-15-12-7-8/h1-7,12H,(H,13,14). The molecule has 0 aliphatic carbocycles. The fraction of sp³-hybridized carbons (Fsp3) is 0. The van der Waals surface area contributed by atoms with Crippen molar-refractivity contribution in [2.45, 2.75) is 0 Å². The van der Waals surface area contributed by atoms with E-state index in [1.807, 2.05) is 0 Å². The first-order chi connectivity index (χ1) is 7.29. The number of hydroxylamine groups is 1. The third-order valence-electron chi connectivity index (χ3n) is 2.07. The number of rotatable bonds is 2. The molecule has 4 heteroatoms. The summed E-state index contributed by atoms with van der Waals surface area (Å²) in [7, 11) is 0. The normalized spacial score (nSPS) is 13.7. The Hall–Kier alpha value is -2.23. The molecule has 1 aliphatic heterocycles. The maximum absolute atomic E-state index is 11.0. The van der Waals surface area contributed by atoms with Crippen LogP contribution < -0.4 is 5.48 Å². The summed E-state index contributed by atoms with van der Waals surface area (Å²) in [6.07, 6.45) is 4.79. The Labute approximate surface area is 86.4 Å². The van der Waals surface area contributed by atoms with Crippen LogP contribution in [-0.2, 0) is 4.84 Å². The van der Waals surface area contributed by atoms with Crippen LogP contribution in [0.3, 0.4) is 0 Å². The number of hydrogen-bond donors (Lipinski definition) is 2. The summed E-state index contributed by atoms with van der Waals surface area (Å²) in [6.45, 7) is 0. The highest BCUT2D eigenvalue weighted by Crippen LogP contribution is 2.21. The SMILES string of the molecule is O=C(O)c1ccccc1C1=CNOC=C1. The topological polar surface area (TPSA) is 58.6 Å². The van der Waals surface area contributed by atoms with Gasteiger partial charge in [0.1, 0.15) is 6.26 Å². The fourth-order valence-corrected chi connectivity index (χ4v) is 1.38. The van der Waals surface area contributed by atoms with E-state index in [4.69, 9.17) is 9.94 Å². The van der Waals surface area contributed by atoms with Crippen molar-refractivity contribution in [2.24, 2.45) is 0 Å². The first-order valence-electron chi connectivity index (χ1n) is 4.39. The van der Waals surface area contributed by atoms with Gasteiger partial charge in [0, 0.05) is 11.8 Å². The van der Waals surface area contributed by atoms with Crippen molar-refractivity contribution in [1.82, 2.24) is 5.48 Å². The molecule has 0 atom stereocenters. The minimum absolute atomic E-state index is 0.275. The molecule has 0 radical (unpaired) electrons. The summed E-state index contributed by atoms with van der Waals surface area (Å²) in [5, 5.41) is 8.99. The molecule has 0 saturated heterocycles. The Bertz CT molecular complexity index is 449. The lowest BCUT2D eigenvalue weighted by Gasteiger charge is -2.11. The molecule has 0 amide bonds. The molecular weight excluding hydrogens is 194 g/mol. The summed E-state index contributed by atoms with van der Waals surface area (Å²) in [6, 6.07) is 6.82. The van der Waals surface area contributed by atoms with E-state index in [1.165, 1.54) is 6.26 Å². The van der Waals surface area contributed by atoms with Crippen LogP contribution in [0.5, 0.6) is 0 Å². The van der Waals surface area contributed by atoms with Gasteiger partial charge in [0.05, 0.1) is 5.56 Å². The molecular formula is C11H9NO3. The first-order valence-corrected chi connectivity index (χ1v) is 4.39. The minimum atomic E-state index is -0.939. The second kappa shape index (κ2) is 3.88. The van der Waals surface area contributed by atoms with Gasteiger partial charge in [0.25, 0.3) is 0 Å². The summed E-state index contributed by atoms with van der Waals surface area (Å²) in [5.41, 5.74) is 4.27. The Morgan fingerprint density at radius 3 is 2.80 bits per heavy atom. The third kappa shape index (κ3) is 1.83. The molecule has 4 nitrogen and oxygen atoms in total. The Balaban J connectivity index is 2.47. The van der Waals surface area contributed by atoms with Gasteiger partial charge in [0.2, 0.25) is 0 Å². The van der Waals surface area contributed by atoms with Crippen LogP contribution in [0, 0.1) is 0 Å². The van der Waals surface area contributed by atoms with E-state index in [2.05, 4.69) is 5.48 Å². The molecule has 0 saturated carbocycles. The number of benzene rings is 1. The monoisotopic (exact) mass is 203 g/mol. The Morgan fingerprint density at radius 1 is 1.33 bits per heavy atom. The van der Waals surface area contributed by atoms with Gasteiger partial charge < -0.3 is 9.94 Å². The van der Waals surface area contributed by atoms with Crippen LogP contribution in [0.1, 0.15) is 15.9 Å². The zero-order valence-corrected chi connectivity index (χ0v) is 7.81. The van der Waals surface area contributed by atoms with Crippen molar-refractivity contribution in [1.29, 1.82) is 0 Å². The zero-order valence-electron chi connectivity index (χ0n) is 7.81. The van der Waals surface area contributed by atoms with Gasteiger partial charge in [-0.3, -0.25) is 0 Å². The second-order valence-electron chi connectivity index (χ2n) is 2.99. The highest BCUT2D eigenvalue weighted by atomic mass is 16.6. The molecule has 1 aliphatic rings. The van der Waals surface area contributed by atoms with Gasteiger partial charge >= 0.3 is 5.97 Å². The molecule has 0 fully saturated rings. The lowest BCUT2D eigenvalue weighted by Crippen LogP contribution is -2.08. The van der Waals surface area contributed by atoms with Crippen molar-refractivity contribution >= 4 is 11.5 Å². The van der Waals surface area contributed by atoms with Gasteiger partial charge in [0.15, 0.2) is 0 Å². The number of carbonyl (C=O) groups is 1. The highest BCUT2D eigenvalue weighted by Gasteiger charge is 2.12. The van der Waals surface area contributed by atoms with Crippen LogP contribution in [0.25, 0.3) is 5.57 Å². The Kier molecular flexibility index (Phi) is 2.41. The van der Waals surface area contributed by atoms with Crippen molar-refractivity contribution in [3.8, 4) is 0 Å². The van der Waals surface area contributed by atoms with E-state index < -0.39 is 5.97 Å². The summed E-state index contributed by atoms with van der Waals surface area (Å²) in [4.78, 5) is 15.7. The van der Waals surface area contributed by atoms with E-state index in [9.17, 15) is 4.79 Å². The van der Waals surface area contributed by atoms with E-state index in [1.54, 1.807) is 36.5 Å². The van der Waals surface area contributed by atoms with E-state index >= 15 is 0 Å². The number of carboxylic acids is 1. The maximum Gasteiger partial charge on any atom is 0.336 e.